The number of hydrogen-bond donors (Lipinski definition) is 1. The van der Waals surface area contributed by atoms with Crippen molar-refractivity contribution in [1.29, 1.82) is 0 Å². The maximum atomic E-state index is 6.02. The number of rotatable bonds is 7. The molecule has 2 nitrogen and oxygen atoms in total. The van der Waals surface area contributed by atoms with Crippen LogP contribution >= 0.6 is 0 Å². The van der Waals surface area contributed by atoms with E-state index < -0.39 is 0 Å². The van der Waals surface area contributed by atoms with E-state index in [2.05, 4.69) is 49.9 Å². The van der Waals surface area contributed by atoms with Gasteiger partial charge >= 0.3 is 0 Å². The topological polar surface area (TPSA) is 29.3 Å². The molecule has 0 aliphatic rings. The average Bonchev–Trinajstić information content (AvgIpc) is 2.39. The zero-order valence-corrected chi connectivity index (χ0v) is 11.4. The van der Waals surface area contributed by atoms with Crippen LogP contribution in [-0.4, -0.2) is 13.1 Å². The molecule has 17 heavy (non-hydrogen) atoms. The van der Waals surface area contributed by atoms with Gasteiger partial charge in [-0.1, -0.05) is 32.4 Å². The Morgan fingerprint density at radius 3 is 2.24 bits per heavy atom. The molecule has 1 unspecified atom stereocenters. The van der Waals surface area contributed by atoms with Crippen LogP contribution in [0.15, 0.2) is 24.3 Å². The molecule has 96 valence electrons. The Bertz CT molecular complexity index is 305. The lowest BCUT2D eigenvalue weighted by molar-refractivity contribution is 0.697. The molecule has 0 radical (unpaired) electrons. The lowest BCUT2D eigenvalue weighted by atomic mass is 10.1. The summed E-state index contributed by atoms with van der Waals surface area (Å²) in [4.78, 5) is 2.42. The van der Waals surface area contributed by atoms with E-state index in [1.54, 1.807) is 0 Å². The zero-order valence-electron chi connectivity index (χ0n) is 11.4. The van der Waals surface area contributed by atoms with Crippen LogP contribution in [0.5, 0.6) is 0 Å². The van der Waals surface area contributed by atoms with Crippen molar-refractivity contribution in [3.05, 3.63) is 29.8 Å². The van der Waals surface area contributed by atoms with Gasteiger partial charge in [0, 0.05) is 24.8 Å². The van der Waals surface area contributed by atoms with Gasteiger partial charge in [0.15, 0.2) is 0 Å². The molecule has 1 aromatic rings. The van der Waals surface area contributed by atoms with Gasteiger partial charge in [-0.3, -0.25) is 0 Å². The van der Waals surface area contributed by atoms with Crippen LogP contribution < -0.4 is 10.6 Å². The van der Waals surface area contributed by atoms with Crippen molar-refractivity contribution in [2.24, 2.45) is 5.73 Å². The minimum atomic E-state index is 0.176. The second-order valence-electron chi connectivity index (χ2n) is 4.54. The second-order valence-corrected chi connectivity index (χ2v) is 4.54. The third-order valence-electron chi connectivity index (χ3n) is 3.29. The van der Waals surface area contributed by atoms with Crippen molar-refractivity contribution in [3.8, 4) is 0 Å². The first-order chi connectivity index (χ1) is 8.22. The van der Waals surface area contributed by atoms with E-state index in [9.17, 15) is 0 Å². The number of benzene rings is 1. The molecule has 0 aromatic heterocycles. The Hall–Kier alpha value is -1.02. The molecule has 0 bridgehead atoms. The molecule has 0 saturated heterocycles. The molecule has 0 heterocycles. The summed E-state index contributed by atoms with van der Waals surface area (Å²) in [5.74, 6) is 0. The predicted molar refractivity (Wildman–Crippen MR) is 76.5 cm³/mol. The van der Waals surface area contributed by atoms with Crippen LogP contribution in [0.4, 0.5) is 5.69 Å². The summed E-state index contributed by atoms with van der Waals surface area (Å²) in [7, 11) is 0. The van der Waals surface area contributed by atoms with E-state index in [1.165, 1.54) is 24.1 Å². The van der Waals surface area contributed by atoms with E-state index in [0.717, 1.165) is 19.5 Å². The number of unbranched alkanes of at least 4 members (excludes halogenated alkanes) is 1. The standard InChI is InChI=1S/C15H26N2/c1-4-7-12-17(6-3)14-10-8-13(9-11-14)15(16)5-2/h8-11,15H,4-7,12,16H2,1-3H3. The van der Waals surface area contributed by atoms with Crippen LogP contribution in [0.1, 0.15) is 51.6 Å². The molecule has 0 aliphatic heterocycles. The second kappa shape index (κ2) is 7.33. The summed E-state index contributed by atoms with van der Waals surface area (Å²) in [6.45, 7) is 8.78. The molecule has 0 aliphatic carbocycles. The largest absolute Gasteiger partial charge is 0.372 e. The first-order valence-electron chi connectivity index (χ1n) is 6.83. The third-order valence-corrected chi connectivity index (χ3v) is 3.29. The molecule has 2 N–H and O–H groups in total. The van der Waals surface area contributed by atoms with Gasteiger partial charge in [-0.2, -0.15) is 0 Å². The molecule has 1 rings (SSSR count). The highest BCUT2D eigenvalue weighted by molar-refractivity contribution is 5.47. The Balaban J connectivity index is 2.70. The Morgan fingerprint density at radius 2 is 1.76 bits per heavy atom. The zero-order chi connectivity index (χ0) is 12.7. The van der Waals surface area contributed by atoms with Gasteiger partial charge in [-0.05, 0) is 37.5 Å². The molecule has 0 spiro atoms. The van der Waals surface area contributed by atoms with Gasteiger partial charge in [0.05, 0.1) is 0 Å². The Morgan fingerprint density at radius 1 is 1.12 bits per heavy atom. The van der Waals surface area contributed by atoms with E-state index in [-0.39, 0.29) is 6.04 Å². The van der Waals surface area contributed by atoms with E-state index in [4.69, 9.17) is 5.73 Å². The first-order valence-corrected chi connectivity index (χ1v) is 6.83. The Labute approximate surface area is 106 Å². The lowest BCUT2D eigenvalue weighted by Crippen LogP contribution is -2.23. The van der Waals surface area contributed by atoms with Gasteiger partial charge in [0.2, 0.25) is 0 Å². The van der Waals surface area contributed by atoms with Crippen molar-refractivity contribution in [2.75, 3.05) is 18.0 Å². The monoisotopic (exact) mass is 234 g/mol. The van der Waals surface area contributed by atoms with Gasteiger partial charge in [-0.25, -0.2) is 0 Å². The SMILES string of the molecule is CCCCN(CC)c1ccc(C(N)CC)cc1. The predicted octanol–water partition coefficient (Wildman–Crippen LogP) is 3.72. The van der Waals surface area contributed by atoms with E-state index in [0.29, 0.717) is 0 Å². The lowest BCUT2D eigenvalue weighted by Gasteiger charge is -2.23. The van der Waals surface area contributed by atoms with E-state index >= 15 is 0 Å². The molecule has 0 amide bonds. The summed E-state index contributed by atoms with van der Waals surface area (Å²) in [5, 5.41) is 0. The minimum Gasteiger partial charge on any atom is -0.372 e. The van der Waals surface area contributed by atoms with Gasteiger partial charge in [0.1, 0.15) is 0 Å². The van der Waals surface area contributed by atoms with E-state index in [1.807, 2.05) is 0 Å². The summed E-state index contributed by atoms with van der Waals surface area (Å²) in [6.07, 6.45) is 3.49. The Kier molecular flexibility index (Phi) is 6.06. The van der Waals surface area contributed by atoms with Gasteiger partial charge in [-0.15, -0.1) is 0 Å². The number of nitrogens with two attached hydrogens (primary N) is 1. The first kappa shape index (κ1) is 14.0. The summed E-state index contributed by atoms with van der Waals surface area (Å²) < 4.78 is 0. The third kappa shape index (κ3) is 4.04. The minimum absolute atomic E-state index is 0.176. The van der Waals surface area contributed by atoms with Gasteiger partial charge in [0.25, 0.3) is 0 Å². The quantitative estimate of drug-likeness (QED) is 0.779. The molecular weight excluding hydrogens is 208 g/mol. The van der Waals surface area contributed by atoms with Crippen molar-refractivity contribution in [1.82, 2.24) is 0 Å². The maximum Gasteiger partial charge on any atom is 0.0366 e. The molecule has 0 fully saturated rings. The van der Waals surface area contributed by atoms with Crippen LogP contribution in [0, 0.1) is 0 Å². The fraction of sp³-hybridized carbons (Fsp3) is 0.600. The summed E-state index contributed by atoms with van der Waals surface area (Å²) in [5.41, 5.74) is 8.57. The van der Waals surface area contributed by atoms with Crippen molar-refractivity contribution < 1.29 is 0 Å². The van der Waals surface area contributed by atoms with Crippen LogP contribution in [0.25, 0.3) is 0 Å². The molecule has 0 saturated carbocycles. The number of anilines is 1. The van der Waals surface area contributed by atoms with Gasteiger partial charge < -0.3 is 10.6 Å². The molecule has 2 heteroatoms. The number of nitrogens with zero attached hydrogens (tertiary/aromatic N) is 1. The fourth-order valence-electron chi connectivity index (χ4n) is 1.99. The average molecular weight is 234 g/mol. The summed E-state index contributed by atoms with van der Waals surface area (Å²) in [6, 6.07) is 8.90. The smallest absolute Gasteiger partial charge is 0.0366 e. The van der Waals surface area contributed by atoms with Crippen molar-refractivity contribution in [3.63, 3.8) is 0 Å². The number of hydrogen-bond acceptors (Lipinski definition) is 2. The van der Waals surface area contributed by atoms with Crippen LogP contribution in [0.2, 0.25) is 0 Å². The van der Waals surface area contributed by atoms with Crippen LogP contribution in [0.3, 0.4) is 0 Å². The van der Waals surface area contributed by atoms with Crippen molar-refractivity contribution >= 4 is 5.69 Å². The highest BCUT2D eigenvalue weighted by Gasteiger charge is 2.06. The molecule has 1 atom stereocenters. The van der Waals surface area contributed by atoms with Crippen molar-refractivity contribution in [2.45, 2.75) is 46.1 Å². The maximum absolute atomic E-state index is 6.02. The highest BCUT2D eigenvalue weighted by Crippen LogP contribution is 2.20. The van der Waals surface area contributed by atoms with Crippen LogP contribution in [-0.2, 0) is 0 Å². The fourth-order valence-corrected chi connectivity index (χ4v) is 1.99. The molecule has 1 aromatic carbocycles. The summed E-state index contributed by atoms with van der Waals surface area (Å²) >= 11 is 0. The normalized spacial score (nSPS) is 12.5. The highest BCUT2D eigenvalue weighted by atomic mass is 15.1. The molecular formula is C15H26N2.